The summed E-state index contributed by atoms with van der Waals surface area (Å²) in [7, 11) is 1.62. The van der Waals surface area contributed by atoms with Crippen molar-refractivity contribution in [1.82, 2.24) is 15.2 Å². The summed E-state index contributed by atoms with van der Waals surface area (Å²) in [5, 5.41) is 11.7. The predicted molar refractivity (Wildman–Crippen MR) is 124 cm³/mol. The van der Waals surface area contributed by atoms with E-state index in [-0.39, 0.29) is 5.91 Å². The molecular formula is C24H18N4O3S. The van der Waals surface area contributed by atoms with Gasteiger partial charge in [0, 0.05) is 16.7 Å². The van der Waals surface area contributed by atoms with Gasteiger partial charge in [0.15, 0.2) is 5.13 Å². The van der Waals surface area contributed by atoms with E-state index in [9.17, 15) is 4.79 Å². The summed E-state index contributed by atoms with van der Waals surface area (Å²) in [6.45, 7) is 2.01. The zero-order chi connectivity index (χ0) is 22.1. The second kappa shape index (κ2) is 8.24. The number of hydrogen-bond donors (Lipinski definition) is 1. The Hall–Kier alpha value is -4.04. The number of aryl methyl sites for hydroxylation is 1. The van der Waals surface area contributed by atoms with Gasteiger partial charge in [-0.15, -0.1) is 10.2 Å². The van der Waals surface area contributed by atoms with Crippen LogP contribution in [0.15, 0.2) is 71.1 Å². The molecule has 1 N–H and O–H groups in total. The maximum Gasteiger partial charge on any atom is 0.257 e. The molecule has 0 fully saturated rings. The Labute approximate surface area is 187 Å². The molecule has 158 valence electrons. The number of fused-ring (bicyclic) bond motifs is 1. The van der Waals surface area contributed by atoms with Crippen molar-refractivity contribution in [2.45, 2.75) is 6.92 Å². The lowest BCUT2D eigenvalue weighted by Gasteiger charge is -2.02. The lowest BCUT2D eigenvalue weighted by Crippen LogP contribution is -2.11. The number of ether oxygens (including phenoxy) is 1. The van der Waals surface area contributed by atoms with Crippen molar-refractivity contribution in [3.63, 3.8) is 0 Å². The van der Waals surface area contributed by atoms with Crippen LogP contribution in [0.4, 0.5) is 5.13 Å². The summed E-state index contributed by atoms with van der Waals surface area (Å²) >= 11 is 1.40. The number of thiazole rings is 1. The third-order valence-electron chi connectivity index (χ3n) is 4.90. The highest BCUT2D eigenvalue weighted by Gasteiger charge is 2.14. The maximum absolute atomic E-state index is 12.7. The first kappa shape index (κ1) is 19.9. The van der Waals surface area contributed by atoms with Gasteiger partial charge >= 0.3 is 0 Å². The predicted octanol–water partition coefficient (Wildman–Crippen LogP) is 5.58. The molecule has 0 atom stereocenters. The minimum Gasteiger partial charge on any atom is -0.497 e. The van der Waals surface area contributed by atoms with Crippen LogP contribution in [0.3, 0.4) is 0 Å². The molecule has 0 bridgehead atoms. The molecule has 1 amide bonds. The molecule has 8 heteroatoms. The highest BCUT2D eigenvalue weighted by molar-refractivity contribution is 7.22. The van der Waals surface area contributed by atoms with Gasteiger partial charge in [-0.3, -0.25) is 10.1 Å². The van der Waals surface area contributed by atoms with Crippen LogP contribution in [0.5, 0.6) is 5.75 Å². The molecule has 0 saturated carbocycles. The van der Waals surface area contributed by atoms with Crippen molar-refractivity contribution in [3.05, 3.63) is 77.9 Å². The molecule has 2 aromatic heterocycles. The van der Waals surface area contributed by atoms with E-state index in [0.717, 1.165) is 32.7 Å². The Balaban J connectivity index is 1.32. The van der Waals surface area contributed by atoms with Crippen molar-refractivity contribution in [3.8, 4) is 28.7 Å². The monoisotopic (exact) mass is 442 g/mol. The van der Waals surface area contributed by atoms with Gasteiger partial charge in [-0.2, -0.15) is 0 Å². The van der Waals surface area contributed by atoms with Crippen molar-refractivity contribution in [1.29, 1.82) is 0 Å². The smallest absolute Gasteiger partial charge is 0.257 e. The zero-order valence-electron chi connectivity index (χ0n) is 17.3. The molecule has 3 aromatic carbocycles. The summed E-state index contributed by atoms with van der Waals surface area (Å²) < 4.78 is 12.0. The molecule has 0 radical (unpaired) electrons. The Morgan fingerprint density at radius 2 is 1.75 bits per heavy atom. The van der Waals surface area contributed by atoms with E-state index in [1.165, 1.54) is 11.3 Å². The van der Waals surface area contributed by atoms with E-state index in [2.05, 4.69) is 20.5 Å². The topological polar surface area (TPSA) is 90.1 Å². The number of anilines is 1. The molecule has 0 saturated heterocycles. The highest BCUT2D eigenvalue weighted by atomic mass is 32.1. The van der Waals surface area contributed by atoms with Crippen molar-refractivity contribution < 1.29 is 13.9 Å². The van der Waals surface area contributed by atoms with Crippen LogP contribution in [0.25, 0.3) is 33.1 Å². The summed E-state index contributed by atoms with van der Waals surface area (Å²) in [6, 6.07) is 20.5. The first-order chi connectivity index (χ1) is 15.6. The van der Waals surface area contributed by atoms with Gasteiger partial charge in [0.05, 0.1) is 17.3 Å². The molecule has 0 spiro atoms. The fourth-order valence-electron chi connectivity index (χ4n) is 3.25. The first-order valence-electron chi connectivity index (χ1n) is 9.86. The zero-order valence-corrected chi connectivity index (χ0v) is 18.1. The Kier molecular flexibility index (Phi) is 5.12. The van der Waals surface area contributed by atoms with Crippen LogP contribution in [0, 0.1) is 6.92 Å². The van der Waals surface area contributed by atoms with E-state index in [1.54, 1.807) is 31.4 Å². The second-order valence-corrected chi connectivity index (χ2v) is 8.20. The molecule has 0 aliphatic carbocycles. The third-order valence-corrected chi connectivity index (χ3v) is 5.83. The molecule has 7 nitrogen and oxygen atoms in total. The number of carbonyl (C=O) groups excluding carboxylic acids is 1. The first-order valence-corrected chi connectivity index (χ1v) is 10.7. The second-order valence-electron chi connectivity index (χ2n) is 7.17. The minimum absolute atomic E-state index is 0.242. The molecule has 5 aromatic rings. The number of amides is 1. The van der Waals surface area contributed by atoms with Gasteiger partial charge in [-0.1, -0.05) is 29.0 Å². The average molecular weight is 443 g/mol. The maximum atomic E-state index is 12.7. The van der Waals surface area contributed by atoms with E-state index in [1.807, 2.05) is 49.4 Å². The fourth-order valence-corrected chi connectivity index (χ4v) is 4.14. The van der Waals surface area contributed by atoms with Gasteiger partial charge in [-0.25, -0.2) is 4.98 Å². The molecule has 32 heavy (non-hydrogen) atoms. The van der Waals surface area contributed by atoms with Gasteiger partial charge in [-0.05, 0) is 61.5 Å². The van der Waals surface area contributed by atoms with Crippen molar-refractivity contribution in [2.24, 2.45) is 0 Å². The van der Waals surface area contributed by atoms with Gasteiger partial charge in [0.2, 0.25) is 11.8 Å². The van der Waals surface area contributed by atoms with Crippen LogP contribution < -0.4 is 10.1 Å². The normalized spacial score (nSPS) is 10.9. The quantitative estimate of drug-likeness (QED) is 0.382. The lowest BCUT2D eigenvalue weighted by atomic mass is 10.1. The van der Waals surface area contributed by atoms with Crippen LogP contribution in [0.2, 0.25) is 0 Å². The molecule has 0 aliphatic heterocycles. The van der Waals surface area contributed by atoms with Crippen molar-refractivity contribution >= 4 is 32.6 Å². The lowest BCUT2D eigenvalue weighted by molar-refractivity contribution is 0.102. The van der Waals surface area contributed by atoms with Crippen LogP contribution in [-0.4, -0.2) is 28.2 Å². The fraction of sp³-hybridized carbons (Fsp3) is 0.0833. The summed E-state index contributed by atoms with van der Waals surface area (Å²) in [5.74, 6) is 1.36. The molecular weight excluding hydrogens is 424 g/mol. The van der Waals surface area contributed by atoms with Crippen LogP contribution in [-0.2, 0) is 0 Å². The van der Waals surface area contributed by atoms with Crippen molar-refractivity contribution in [2.75, 3.05) is 12.4 Å². The summed E-state index contributed by atoms with van der Waals surface area (Å²) in [5.41, 5.74) is 4.03. The van der Waals surface area contributed by atoms with E-state index < -0.39 is 0 Å². The molecule has 5 rings (SSSR count). The number of nitrogens with zero attached hydrogens (tertiary/aromatic N) is 3. The third kappa shape index (κ3) is 3.95. The SMILES string of the molecule is COc1ccc2nc(NC(=O)c3ccc(-c4nnc(-c5cccc(C)c5)o4)cc3)sc2c1. The van der Waals surface area contributed by atoms with Crippen LogP contribution in [0.1, 0.15) is 15.9 Å². The number of aromatic nitrogens is 3. The van der Waals surface area contributed by atoms with E-state index in [0.29, 0.717) is 22.5 Å². The average Bonchev–Trinajstić information content (AvgIpc) is 3.45. The number of hydrogen-bond acceptors (Lipinski definition) is 7. The standard InChI is InChI=1S/C24H18N4O3S/c1-14-4-3-5-17(12-14)23-28-27-22(31-23)16-8-6-15(7-9-16)21(29)26-24-25-19-11-10-18(30-2)13-20(19)32-24/h3-13H,1-2H3,(H,25,26,29). The number of methoxy groups -OCH3 is 1. The van der Waals surface area contributed by atoms with Gasteiger partial charge in [0.25, 0.3) is 5.91 Å². The largest absolute Gasteiger partial charge is 0.497 e. The number of benzene rings is 3. The Bertz CT molecular complexity index is 1420. The Morgan fingerprint density at radius 3 is 2.50 bits per heavy atom. The number of carbonyl (C=O) groups is 1. The summed E-state index contributed by atoms with van der Waals surface area (Å²) in [6.07, 6.45) is 0. The summed E-state index contributed by atoms with van der Waals surface area (Å²) in [4.78, 5) is 17.1. The number of nitrogens with one attached hydrogen (secondary N) is 1. The van der Waals surface area contributed by atoms with Gasteiger partial charge < -0.3 is 9.15 Å². The van der Waals surface area contributed by atoms with E-state index >= 15 is 0 Å². The Morgan fingerprint density at radius 1 is 0.969 bits per heavy atom. The number of rotatable bonds is 5. The minimum atomic E-state index is -0.242. The molecule has 2 heterocycles. The van der Waals surface area contributed by atoms with Crippen LogP contribution >= 0.6 is 11.3 Å². The highest BCUT2D eigenvalue weighted by Crippen LogP contribution is 2.30. The molecule has 0 unspecified atom stereocenters. The van der Waals surface area contributed by atoms with E-state index in [4.69, 9.17) is 9.15 Å². The van der Waals surface area contributed by atoms with Gasteiger partial charge in [0.1, 0.15) is 5.75 Å². The molecule has 0 aliphatic rings.